The molecule has 0 aliphatic rings. The summed E-state index contributed by atoms with van der Waals surface area (Å²) in [6.07, 6.45) is 4.47. The highest BCUT2D eigenvalue weighted by Gasteiger charge is 2.13. The van der Waals surface area contributed by atoms with Crippen molar-refractivity contribution in [1.82, 2.24) is 5.32 Å². The van der Waals surface area contributed by atoms with Crippen LogP contribution >= 0.6 is 0 Å². The molecule has 0 radical (unpaired) electrons. The van der Waals surface area contributed by atoms with Gasteiger partial charge in [-0.3, -0.25) is 0 Å². The van der Waals surface area contributed by atoms with Gasteiger partial charge in [-0.15, -0.1) is 6.58 Å². The molecule has 0 saturated carbocycles. The van der Waals surface area contributed by atoms with Gasteiger partial charge in [0.2, 0.25) is 0 Å². The highest BCUT2D eigenvalue weighted by molar-refractivity contribution is 4.87. The van der Waals surface area contributed by atoms with Crippen LogP contribution < -0.4 is 5.32 Å². The van der Waals surface area contributed by atoms with Gasteiger partial charge in [-0.1, -0.05) is 19.9 Å². The summed E-state index contributed by atoms with van der Waals surface area (Å²) in [4.78, 5) is 0. The smallest absolute Gasteiger partial charge is 0.00965 e. The second kappa shape index (κ2) is 4.80. The lowest BCUT2D eigenvalue weighted by molar-refractivity contribution is 0.374. The predicted octanol–water partition coefficient (Wildman–Crippen LogP) is 3.37. The molecule has 0 aliphatic heterocycles. The van der Waals surface area contributed by atoms with Gasteiger partial charge in [0.1, 0.15) is 0 Å². The Morgan fingerprint density at radius 1 is 1.15 bits per heavy atom. The summed E-state index contributed by atoms with van der Waals surface area (Å²) in [7, 11) is 0. The van der Waals surface area contributed by atoms with E-state index >= 15 is 0 Å². The molecule has 1 nitrogen and oxygen atoms in total. The Balaban J connectivity index is 3.52. The van der Waals surface area contributed by atoms with Crippen LogP contribution in [0.25, 0.3) is 0 Å². The molecular weight excluding hydrogens is 158 g/mol. The first-order chi connectivity index (χ1) is 5.77. The van der Waals surface area contributed by atoms with E-state index in [2.05, 4.69) is 46.5 Å². The summed E-state index contributed by atoms with van der Waals surface area (Å²) in [6.45, 7) is 16.0. The van der Waals surface area contributed by atoms with Crippen molar-refractivity contribution in [3.8, 4) is 0 Å². The zero-order chi connectivity index (χ0) is 10.5. The molecule has 0 amide bonds. The van der Waals surface area contributed by atoms with Crippen LogP contribution in [0.3, 0.4) is 0 Å². The van der Waals surface area contributed by atoms with Gasteiger partial charge in [-0.05, 0) is 45.6 Å². The Kier molecular flexibility index (Phi) is 4.69. The van der Waals surface area contributed by atoms with Crippen LogP contribution in [0.4, 0.5) is 0 Å². The molecule has 0 fully saturated rings. The minimum atomic E-state index is 0.248. The molecule has 0 aromatic rings. The van der Waals surface area contributed by atoms with Crippen molar-refractivity contribution < 1.29 is 0 Å². The maximum absolute atomic E-state index is 3.84. The van der Waals surface area contributed by atoms with Gasteiger partial charge in [0.05, 0.1) is 0 Å². The molecule has 78 valence electrons. The number of hydrogen-bond acceptors (Lipinski definition) is 1. The van der Waals surface area contributed by atoms with Gasteiger partial charge < -0.3 is 5.32 Å². The fourth-order valence-electron chi connectivity index (χ4n) is 1.11. The normalized spacial score (nSPS) is 13.0. The molecule has 0 aromatic carbocycles. The monoisotopic (exact) mass is 183 g/mol. The lowest BCUT2D eigenvalue weighted by Crippen LogP contribution is -2.36. The zero-order valence-electron chi connectivity index (χ0n) is 9.91. The maximum atomic E-state index is 3.84. The average Bonchev–Trinajstić information content (AvgIpc) is 1.97. The molecule has 0 aromatic heterocycles. The van der Waals surface area contributed by atoms with Gasteiger partial charge in [-0.2, -0.15) is 0 Å². The summed E-state index contributed by atoms with van der Waals surface area (Å²) in [6, 6.07) is 0. The molecule has 13 heavy (non-hydrogen) atoms. The SMILES string of the molecule is C=CC(C)(C)CCCNC(C)(C)C. The molecule has 1 N–H and O–H groups in total. The van der Waals surface area contributed by atoms with Crippen LogP contribution in [0.5, 0.6) is 0 Å². The van der Waals surface area contributed by atoms with Gasteiger partial charge >= 0.3 is 0 Å². The van der Waals surface area contributed by atoms with Gasteiger partial charge in [0.15, 0.2) is 0 Å². The van der Waals surface area contributed by atoms with Crippen molar-refractivity contribution in [3.63, 3.8) is 0 Å². The van der Waals surface area contributed by atoms with Crippen molar-refractivity contribution >= 4 is 0 Å². The van der Waals surface area contributed by atoms with Crippen LogP contribution in [0.2, 0.25) is 0 Å². The molecular formula is C12H25N. The molecule has 0 saturated heterocycles. The summed E-state index contributed by atoms with van der Waals surface area (Å²) < 4.78 is 0. The Morgan fingerprint density at radius 3 is 2.08 bits per heavy atom. The molecule has 1 heteroatoms. The molecule has 0 spiro atoms. The van der Waals surface area contributed by atoms with E-state index in [-0.39, 0.29) is 5.54 Å². The van der Waals surface area contributed by atoms with E-state index in [1.165, 1.54) is 12.8 Å². The average molecular weight is 183 g/mol. The minimum absolute atomic E-state index is 0.248. The van der Waals surface area contributed by atoms with Gasteiger partial charge in [0.25, 0.3) is 0 Å². The van der Waals surface area contributed by atoms with E-state index in [9.17, 15) is 0 Å². The first kappa shape index (κ1) is 12.7. The van der Waals surface area contributed by atoms with Crippen LogP contribution in [0, 0.1) is 5.41 Å². The third kappa shape index (κ3) is 8.04. The van der Waals surface area contributed by atoms with Crippen LogP contribution in [0.1, 0.15) is 47.5 Å². The van der Waals surface area contributed by atoms with E-state index in [4.69, 9.17) is 0 Å². The van der Waals surface area contributed by atoms with Crippen LogP contribution in [0.15, 0.2) is 12.7 Å². The summed E-state index contributed by atoms with van der Waals surface area (Å²) >= 11 is 0. The van der Waals surface area contributed by atoms with Crippen molar-refractivity contribution in [2.24, 2.45) is 5.41 Å². The largest absolute Gasteiger partial charge is 0.312 e. The standard InChI is InChI=1S/C12H25N/c1-7-12(5,6)9-8-10-13-11(2,3)4/h7,13H,1,8-10H2,2-6H3. The van der Waals surface area contributed by atoms with E-state index in [0.717, 1.165) is 6.54 Å². The Hall–Kier alpha value is -0.300. The number of hydrogen-bond donors (Lipinski definition) is 1. The van der Waals surface area contributed by atoms with E-state index in [1.807, 2.05) is 6.08 Å². The van der Waals surface area contributed by atoms with E-state index < -0.39 is 0 Å². The lowest BCUT2D eigenvalue weighted by atomic mass is 9.88. The third-order valence-corrected chi connectivity index (χ3v) is 2.21. The topological polar surface area (TPSA) is 12.0 Å². The summed E-state index contributed by atoms with van der Waals surface area (Å²) in [5.41, 5.74) is 0.540. The van der Waals surface area contributed by atoms with Crippen molar-refractivity contribution in [1.29, 1.82) is 0 Å². The summed E-state index contributed by atoms with van der Waals surface area (Å²) in [5.74, 6) is 0. The Labute approximate surface area is 83.6 Å². The first-order valence-electron chi connectivity index (χ1n) is 5.15. The molecule has 0 atom stereocenters. The fraction of sp³-hybridized carbons (Fsp3) is 0.833. The molecule has 0 heterocycles. The number of nitrogens with one attached hydrogen (secondary N) is 1. The molecule has 0 aliphatic carbocycles. The second-order valence-corrected chi connectivity index (χ2v) is 5.47. The molecule has 0 bridgehead atoms. The quantitative estimate of drug-likeness (QED) is 0.509. The van der Waals surface area contributed by atoms with E-state index in [0.29, 0.717) is 5.41 Å². The fourth-order valence-corrected chi connectivity index (χ4v) is 1.11. The highest BCUT2D eigenvalue weighted by Crippen LogP contribution is 2.22. The minimum Gasteiger partial charge on any atom is -0.312 e. The van der Waals surface area contributed by atoms with Gasteiger partial charge in [-0.25, -0.2) is 0 Å². The second-order valence-electron chi connectivity index (χ2n) is 5.47. The molecule has 0 unspecified atom stereocenters. The van der Waals surface area contributed by atoms with Crippen LogP contribution in [-0.2, 0) is 0 Å². The predicted molar refractivity (Wildman–Crippen MR) is 61.0 cm³/mol. The first-order valence-corrected chi connectivity index (χ1v) is 5.15. The summed E-state index contributed by atoms with van der Waals surface area (Å²) in [5, 5.41) is 3.48. The highest BCUT2D eigenvalue weighted by atomic mass is 14.9. The molecule has 0 rings (SSSR count). The lowest BCUT2D eigenvalue weighted by Gasteiger charge is -2.23. The van der Waals surface area contributed by atoms with Crippen molar-refractivity contribution in [2.45, 2.75) is 53.0 Å². The van der Waals surface area contributed by atoms with E-state index in [1.54, 1.807) is 0 Å². The Morgan fingerprint density at radius 2 is 1.69 bits per heavy atom. The van der Waals surface area contributed by atoms with Gasteiger partial charge in [0, 0.05) is 5.54 Å². The number of allylic oxidation sites excluding steroid dienone is 1. The maximum Gasteiger partial charge on any atom is 0.00965 e. The van der Waals surface area contributed by atoms with Crippen LogP contribution in [-0.4, -0.2) is 12.1 Å². The number of rotatable bonds is 5. The Bertz CT molecular complexity index is 151. The third-order valence-electron chi connectivity index (χ3n) is 2.21. The van der Waals surface area contributed by atoms with Crippen molar-refractivity contribution in [3.05, 3.63) is 12.7 Å². The van der Waals surface area contributed by atoms with Crippen molar-refractivity contribution in [2.75, 3.05) is 6.54 Å². The zero-order valence-corrected chi connectivity index (χ0v) is 9.91.